The van der Waals surface area contributed by atoms with E-state index in [0.717, 1.165) is 42.1 Å². The summed E-state index contributed by atoms with van der Waals surface area (Å²) in [5, 5.41) is 0. The van der Waals surface area contributed by atoms with E-state index in [9.17, 15) is 0 Å². The normalized spacial score (nSPS) is 13.8. The van der Waals surface area contributed by atoms with E-state index >= 15 is 0 Å². The first kappa shape index (κ1) is 11.2. The predicted molar refractivity (Wildman–Crippen MR) is 69.2 cm³/mol. The Balaban J connectivity index is 2.06. The fourth-order valence-corrected chi connectivity index (χ4v) is 2.27. The number of nitrogens with two attached hydrogens (primary N) is 1. The summed E-state index contributed by atoms with van der Waals surface area (Å²) in [6.07, 6.45) is 5.50. The first-order valence-corrected chi connectivity index (χ1v) is 6.14. The summed E-state index contributed by atoms with van der Waals surface area (Å²) in [6.45, 7) is 1.21. The summed E-state index contributed by atoms with van der Waals surface area (Å²) in [5.74, 6) is 0.989. The van der Waals surface area contributed by atoms with Gasteiger partial charge in [0.1, 0.15) is 5.75 Å². The number of benzene rings is 1. The maximum Gasteiger partial charge on any atom is 0.122 e. The van der Waals surface area contributed by atoms with Crippen molar-refractivity contribution in [1.29, 1.82) is 0 Å². The monoisotopic (exact) mass is 241 g/mol. The van der Waals surface area contributed by atoms with E-state index < -0.39 is 0 Å². The SMILES string of the molecule is NCc1nccnc1-c1ccc2c(c1)CCCO2. The second-order valence-electron chi connectivity index (χ2n) is 4.33. The number of rotatable bonds is 2. The molecule has 2 heterocycles. The summed E-state index contributed by atoms with van der Waals surface area (Å²) >= 11 is 0. The molecule has 0 amide bonds. The maximum absolute atomic E-state index is 5.70. The number of hydrogen-bond acceptors (Lipinski definition) is 4. The largest absolute Gasteiger partial charge is 0.493 e. The Bertz CT molecular complexity index is 569. The predicted octanol–water partition coefficient (Wildman–Crippen LogP) is 1.93. The van der Waals surface area contributed by atoms with Gasteiger partial charge >= 0.3 is 0 Å². The van der Waals surface area contributed by atoms with Crippen LogP contribution in [0.25, 0.3) is 11.3 Å². The number of aryl methyl sites for hydroxylation is 1. The standard InChI is InChI=1S/C14H15N3O/c15-9-12-14(17-6-5-16-12)11-3-4-13-10(8-11)2-1-7-18-13/h3-6,8H,1-2,7,9,15H2. The second-order valence-corrected chi connectivity index (χ2v) is 4.33. The van der Waals surface area contributed by atoms with Crippen molar-refractivity contribution in [1.82, 2.24) is 9.97 Å². The van der Waals surface area contributed by atoms with Crippen molar-refractivity contribution in [3.63, 3.8) is 0 Å². The first-order chi connectivity index (χ1) is 8.88. The summed E-state index contributed by atoms with van der Waals surface area (Å²) in [7, 11) is 0. The Labute approximate surface area is 106 Å². The zero-order chi connectivity index (χ0) is 12.4. The van der Waals surface area contributed by atoms with Crippen LogP contribution in [0.5, 0.6) is 5.75 Å². The molecule has 1 aromatic carbocycles. The Hall–Kier alpha value is -1.94. The molecule has 18 heavy (non-hydrogen) atoms. The molecule has 0 saturated carbocycles. The zero-order valence-corrected chi connectivity index (χ0v) is 10.1. The van der Waals surface area contributed by atoms with Crippen molar-refractivity contribution in [3.05, 3.63) is 41.9 Å². The van der Waals surface area contributed by atoms with E-state index in [4.69, 9.17) is 10.5 Å². The van der Waals surface area contributed by atoms with Gasteiger partial charge in [0, 0.05) is 24.5 Å². The van der Waals surface area contributed by atoms with Crippen molar-refractivity contribution < 1.29 is 4.74 Å². The fourth-order valence-electron chi connectivity index (χ4n) is 2.27. The third-order valence-electron chi connectivity index (χ3n) is 3.15. The lowest BCUT2D eigenvalue weighted by molar-refractivity contribution is 0.288. The van der Waals surface area contributed by atoms with Crippen LogP contribution in [0.3, 0.4) is 0 Å². The van der Waals surface area contributed by atoms with Gasteiger partial charge in [-0.1, -0.05) is 0 Å². The molecule has 2 aromatic rings. The quantitative estimate of drug-likeness (QED) is 0.872. The highest BCUT2D eigenvalue weighted by Gasteiger charge is 2.13. The summed E-state index contributed by atoms with van der Waals surface area (Å²) in [6, 6.07) is 6.17. The van der Waals surface area contributed by atoms with Gasteiger partial charge in [-0.25, -0.2) is 0 Å². The Morgan fingerprint density at radius 3 is 3.00 bits per heavy atom. The van der Waals surface area contributed by atoms with E-state index in [1.54, 1.807) is 12.4 Å². The van der Waals surface area contributed by atoms with E-state index in [2.05, 4.69) is 16.0 Å². The van der Waals surface area contributed by atoms with Gasteiger partial charge in [-0.2, -0.15) is 0 Å². The Morgan fingerprint density at radius 1 is 1.22 bits per heavy atom. The smallest absolute Gasteiger partial charge is 0.122 e. The first-order valence-electron chi connectivity index (χ1n) is 6.14. The van der Waals surface area contributed by atoms with Crippen molar-refractivity contribution in [3.8, 4) is 17.0 Å². The number of hydrogen-bond donors (Lipinski definition) is 1. The minimum Gasteiger partial charge on any atom is -0.493 e. The molecule has 1 aliphatic rings. The number of nitrogens with zero attached hydrogens (tertiary/aromatic N) is 2. The number of fused-ring (bicyclic) bond motifs is 1. The van der Waals surface area contributed by atoms with Gasteiger partial charge in [0.15, 0.2) is 0 Å². The Morgan fingerprint density at radius 2 is 2.11 bits per heavy atom. The lowest BCUT2D eigenvalue weighted by Gasteiger charge is -2.18. The van der Waals surface area contributed by atoms with Gasteiger partial charge in [0.05, 0.1) is 18.0 Å². The highest BCUT2D eigenvalue weighted by atomic mass is 16.5. The third kappa shape index (κ3) is 1.95. The van der Waals surface area contributed by atoms with Crippen LogP contribution in [0.1, 0.15) is 17.7 Å². The average molecular weight is 241 g/mol. The fraction of sp³-hybridized carbons (Fsp3) is 0.286. The maximum atomic E-state index is 5.70. The molecular formula is C14H15N3O. The van der Waals surface area contributed by atoms with Crippen LogP contribution >= 0.6 is 0 Å². The van der Waals surface area contributed by atoms with Gasteiger partial charge in [-0.05, 0) is 36.6 Å². The minimum absolute atomic E-state index is 0.400. The van der Waals surface area contributed by atoms with Gasteiger partial charge < -0.3 is 10.5 Å². The lowest BCUT2D eigenvalue weighted by Crippen LogP contribution is -2.08. The van der Waals surface area contributed by atoms with Crippen LogP contribution in [0, 0.1) is 0 Å². The zero-order valence-electron chi connectivity index (χ0n) is 10.1. The van der Waals surface area contributed by atoms with E-state index in [1.165, 1.54) is 5.56 Å². The third-order valence-corrected chi connectivity index (χ3v) is 3.15. The van der Waals surface area contributed by atoms with Crippen LogP contribution in [-0.2, 0) is 13.0 Å². The minimum atomic E-state index is 0.400. The topological polar surface area (TPSA) is 61.0 Å². The number of aromatic nitrogens is 2. The van der Waals surface area contributed by atoms with Crippen molar-refractivity contribution in [2.24, 2.45) is 5.73 Å². The molecule has 1 aliphatic heterocycles. The molecule has 0 radical (unpaired) electrons. The Kier molecular flexibility index (Phi) is 2.94. The number of ether oxygens (including phenoxy) is 1. The van der Waals surface area contributed by atoms with Crippen LogP contribution in [-0.4, -0.2) is 16.6 Å². The molecule has 0 bridgehead atoms. The van der Waals surface area contributed by atoms with Crippen LogP contribution in [0.4, 0.5) is 0 Å². The second kappa shape index (κ2) is 4.74. The molecular weight excluding hydrogens is 226 g/mol. The molecule has 4 heteroatoms. The van der Waals surface area contributed by atoms with Crippen molar-refractivity contribution in [2.75, 3.05) is 6.61 Å². The molecule has 92 valence electrons. The molecule has 3 rings (SSSR count). The van der Waals surface area contributed by atoms with Gasteiger partial charge in [-0.3, -0.25) is 9.97 Å². The van der Waals surface area contributed by atoms with Crippen LogP contribution < -0.4 is 10.5 Å². The van der Waals surface area contributed by atoms with Crippen LogP contribution in [0.15, 0.2) is 30.6 Å². The average Bonchev–Trinajstić information content (AvgIpc) is 2.46. The molecule has 2 N–H and O–H groups in total. The van der Waals surface area contributed by atoms with E-state index in [0.29, 0.717) is 6.54 Å². The molecule has 4 nitrogen and oxygen atoms in total. The van der Waals surface area contributed by atoms with Crippen molar-refractivity contribution >= 4 is 0 Å². The highest BCUT2D eigenvalue weighted by molar-refractivity contribution is 5.64. The molecule has 1 aromatic heterocycles. The van der Waals surface area contributed by atoms with Crippen molar-refractivity contribution in [2.45, 2.75) is 19.4 Å². The van der Waals surface area contributed by atoms with Gasteiger partial charge in [0.25, 0.3) is 0 Å². The summed E-state index contributed by atoms with van der Waals surface area (Å²) in [4.78, 5) is 8.65. The molecule has 0 unspecified atom stereocenters. The summed E-state index contributed by atoms with van der Waals surface area (Å²) < 4.78 is 5.61. The highest BCUT2D eigenvalue weighted by Crippen LogP contribution is 2.30. The summed E-state index contributed by atoms with van der Waals surface area (Å²) in [5.41, 5.74) is 9.70. The molecule has 0 saturated heterocycles. The molecule has 0 spiro atoms. The van der Waals surface area contributed by atoms with E-state index in [1.807, 2.05) is 12.1 Å². The molecule has 0 aliphatic carbocycles. The van der Waals surface area contributed by atoms with Crippen LogP contribution in [0.2, 0.25) is 0 Å². The van der Waals surface area contributed by atoms with E-state index in [-0.39, 0.29) is 0 Å². The molecule has 0 fully saturated rings. The van der Waals surface area contributed by atoms with Gasteiger partial charge in [-0.15, -0.1) is 0 Å². The van der Waals surface area contributed by atoms with Gasteiger partial charge in [0.2, 0.25) is 0 Å². The molecule has 0 atom stereocenters. The lowest BCUT2D eigenvalue weighted by atomic mass is 10.0.